The molecule has 0 saturated heterocycles. The Morgan fingerprint density at radius 3 is 2.44 bits per heavy atom. The molecule has 2 unspecified atom stereocenters. The predicted octanol–water partition coefficient (Wildman–Crippen LogP) is 2.82. The van der Waals surface area contributed by atoms with Crippen molar-refractivity contribution in [3.8, 4) is 6.07 Å². The highest BCUT2D eigenvalue weighted by atomic mass is 16.6. The molecule has 16 heavy (non-hydrogen) atoms. The van der Waals surface area contributed by atoms with E-state index < -0.39 is 11.0 Å². The molecule has 1 rings (SSSR count). The molecule has 3 nitrogen and oxygen atoms in total. The Labute approximate surface area is 97.1 Å². The van der Waals surface area contributed by atoms with Crippen LogP contribution in [0.5, 0.6) is 0 Å². The Morgan fingerprint density at radius 1 is 1.50 bits per heavy atom. The maximum Gasteiger partial charge on any atom is 0.311 e. The van der Waals surface area contributed by atoms with Crippen LogP contribution in [0.3, 0.4) is 0 Å². The minimum absolute atomic E-state index is 0.258. The molecule has 3 heteroatoms. The van der Waals surface area contributed by atoms with Crippen LogP contribution < -0.4 is 0 Å². The number of hydrogen-bond acceptors (Lipinski definition) is 3. The van der Waals surface area contributed by atoms with Crippen LogP contribution in [0.1, 0.15) is 41.0 Å². The molecule has 0 spiro atoms. The van der Waals surface area contributed by atoms with Crippen LogP contribution in [0.2, 0.25) is 0 Å². The molecule has 1 aliphatic carbocycles. The lowest BCUT2D eigenvalue weighted by molar-refractivity contribution is -0.157. The molecule has 2 atom stereocenters. The summed E-state index contributed by atoms with van der Waals surface area (Å²) in [5.41, 5.74) is -0.0277. The number of ether oxygens (including phenoxy) is 1. The second kappa shape index (κ2) is 3.93. The molecule has 0 aliphatic heterocycles. The van der Waals surface area contributed by atoms with Gasteiger partial charge in [0.05, 0.1) is 17.4 Å². The van der Waals surface area contributed by atoms with Crippen molar-refractivity contribution in [1.82, 2.24) is 0 Å². The molecule has 1 fully saturated rings. The summed E-state index contributed by atoms with van der Waals surface area (Å²) in [4.78, 5) is 11.8. The molecule has 1 saturated carbocycles. The Hall–Kier alpha value is -1.30. The maximum absolute atomic E-state index is 11.8. The highest BCUT2D eigenvalue weighted by Gasteiger charge is 2.59. The van der Waals surface area contributed by atoms with Gasteiger partial charge in [-0.3, -0.25) is 4.79 Å². The number of nitriles is 1. The van der Waals surface area contributed by atoms with E-state index in [0.717, 1.165) is 5.57 Å². The highest BCUT2D eigenvalue weighted by Crippen LogP contribution is 2.54. The Balaban J connectivity index is 2.72. The normalized spacial score (nSPS) is 27.9. The van der Waals surface area contributed by atoms with Gasteiger partial charge >= 0.3 is 5.97 Å². The predicted molar refractivity (Wildman–Crippen MR) is 61.4 cm³/mol. The average molecular weight is 221 g/mol. The third-order valence-corrected chi connectivity index (χ3v) is 2.45. The summed E-state index contributed by atoms with van der Waals surface area (Å²) in [5, 5.41) is 9.12. The quantitative estimate of drug-likeness (QED) is 0.532. The minimum atomic E-state index is -0.610. The molecule has 1 aliphatic rings. The van der Waals surface area contributed by atoms with Gasteiger partial charge in [-0.25, -0.2) is 0 Å². The fourth-order valence-electron chi connectivity index (χ4n) is 1.78. The van der Waals surface area contributed by atoms with Crippen LogP contribution in [-0.2, 0) is 9.53 Å². The van der Waals surface area contributed by atoms with Crippen LogP contribution in [0.15, 0.2) is 11.6 Å². The first-order valence-electron chi connectivity index (χ1n) is 5.50. The highest BCUT2D eigenvalue weighted by molar-refractivity contribution is 5.79. The second-order valence-corrected chi connectivity index (χ2v) is 5.66. The van der Waals surface area contributed by atoms with E-state index in [4.69, 9.17) is 10.00 Å². The van der Waals surface area contributed by atoms with Crippen LogP contribution in [0.4, 0.5) is 0 Å². The lowest BCUT2D eigenvalue weighted by Crippen LogP contribution is -2.26. The fourth-order valence-corrected chi connectivity index (χ4v) is 1.78. The van der Waals surface area contributed by atoms with Gasteiger partial charge in [-0.2, -0.15) is 5.26 Å². The molecule has 88 valence electrons. The summed E-state index contributed by atoms with van der Waals surface area (Å²) in [7, 11) is 0. The summed E-state index contributed by atoms with van der Waals surface area (Å²) in [6.45, 7) is 9.37. The fraction of sp³-hybridized carbons (Fsp3) is 0.692. The molecule has 0 aromatic carbocycles. The Morgan fingerprint density at radius 2 is 2.06 bits per heavy atom. The molecule has 0 aromatic heterocycles. The van der Waals surface area contributed by atoms with Crippen LogP contribution in [-0.4, -0.2) is 11.6 Å². The lowest BCUT2D eigenvalue weighted by atomic mass is 10.0. The van der Waals surface area contributed by atoms with Crippen LogP contribution in [0, 0.1) is 22.7 Å². The smallest absolute Gasteiger partial charge is 0.311 e. The van der Waals surface area contributed by atoms with Crippen molar-refractivity contribution >= 4 is 5.97 Å². The molecule has 0 N–H and O–H groups in total. The molecule has 0 heterocycles. The van der Waals surface area contributed by atoms with E-state index in [0.29, 0.717) is 6.42 Å². The van der Waals surface area contributed by atoms with Crippen molar-refractivity contribution in [3.63, 3.8) is 0 Å². The summed E-state index contributed by atoms with van der Waals surface area (Å²) >= 11 is 0. The van der Waals surface area contributed by atoms with E-state index in [-0.39, 0.29) is 11.9 Å². The Bertz CT molecular complexity index is 366. The van der Waals surface area contributed by atoms with E-state index in [1.807, 2.05) is 40.7 Å². The number of nitrogens with zero attached hydrogens (tertiary/aromatic N) is 1. The van der Waals surface area contributed by atoms with Crippen molar-refractivity contribution in [1.29, 1.82) is 5.26 Å². The van der Waals surface area contributed by atoms with Crippen LogP contribution in [0.25, 0.3) is 0 Å². The third kappa shape index (κ3) is 2.85. The summed E-state index contributed by atoms with van der Waals surface area (Å²) < 4.78 is 5.28. The first-order chi connectivity index (χ1) is 7.20. The first kappa shape index (κ1) is 12.8. The molecular weight excluding hydrogens is 202 g/mol. The monoisotopic (exact) mass is 221 g/mol. The number of allylic oxidation sites excluding steroid dienone is 2. The van der Waals surface area contributed by atoms with Crippen molar-refractivity contribution in [2.24, 2.45) is 11.3 Å². The average Bonchev–Trinajstić information content (AvgIpc) is 2.76. The van der Waals surface area contributed by atoms with Crippen molar-refractivity contribution in [2.45, 2.75) is 46.6 Å². The SMILES string of the molecule is CC(C)=CC1(C#N)CC1C(=O)OC(C)(C)C. The first-order valence-corrected chi connectivity index (χ1v) is 5.50. The van der Waals surface area contributed by atoms with Gasteiger partial charge in [0, 0.05) is 0 Å². The van der Waals surface area contributed by atoms with E-state index in [1.165, 1.54) is 0 Å². The van der Waals surface area contributed by atoms with E-state index >= 15 is 0 Å². The zero-order valence-electron chi connectivity index (χ0n) is 10.6. The molecule has 0 radical (unpaired) electrons. The molecule has 0 bridgehead atoms. The van der Waals surface area contributed by atoms with Gasteiger partial charge in [-0.05, 0) is 41.0 Å². The van der Waals surface area contributed by atoms with E-state index in [2.05, 4.69) is 6.07 Å². The standard InChI is InChI=1S/C13H19NO2/c1-9(2)6-13(8-14)7-10(13)11(15)16-12(3,4)5/h6,10H,7H2,1-5H3. The molecular formula is C13H19NO2. The lowest BCUT2D eigenvalue weighted by Gasteiger charge is -2.19. The summed E-state index contributed by atoms with van der Waals surface area (Å²) in [5.74, 6) is -0.543. The number of hydrogen-bond donors (Lipinski definition) is 0. The van der Waals surface area contributed by atoms with Gasteiger partial charge in [0.25, 0.3) is 0 Å². The van der Waals surface area contributed by atoms with Gasteiger partial charge in [0.15, 0.2) is 0 Å². The van der Waals surface area contributed by atoms with Crippen molar-refractivity contribution < 1.29 is 9.53 Å². The second-order valence-electron chi connectivity index (χ2n) is 5.66. The van der Waals surface area contributed by atoms with Crippen LogP contribution >= 0.6 is 0 Å². The zero-order chi connectivity index (χ0) is 12.6. The van der Waals surface area contributed by atoms with Gasteiger partial charge in [-0.1, -0.05) is 11.6 Å². The van der Waals surface area contributed by atoms with Gasteiger partial charge in [0.1, 0.15) is 5.60 Å². The third-order valence-electron chi connectivity index (χ3n) is 2.45. The van der Waals surface area contributed by atoms with E-state index in [9.17, 15) is 4.79 Å². The van der Waals surface area contributed by atoms with Gasteiger partial charge < -0.3 is 4.74 Å². The Kier molecular flexibility index (Phi) is 3.14. The zero-order valence-corrected chi connectivity index (χ0v) is 10.6. The topological polar surface area (TPSA) is 50.1 Å². The van der Waals surface area contributed by atoms with Gasteiger partial charge in [-0.15, -0.1) is 0 Å². The molecule has 0 amide bonds. The molecule has 0 aromatic rings. The summed E-state index contributed by atoms with van der Waals surface area (Å²) in [6.07, 6.45) is 2.46. The number of rotatable bonds is 2. The maximum atomic E-state index is 11.8. The van der Waals surface area contributed by atoms with Gasteiger partial charge in [0.2, 0.25) is 0 Å². The van der Waals surface area contributed by atoms with Crippen molar-refractivity contribution in [2.75, 3.05) is 0 Å². The summed E-state index contributed by atoms with van der Waals surface area (Å²) in [6, 6.07) is 2.22. The van der Waals surface area contributed by atoms with Crippen molar-refractivity contribution in [3.05, 3.63) is 11.6 Å². The minimum Gasteiger partial charge on any atom is -0.460 e. The number of esters is 1. The largest absolute Gasteiger partial charge is 0.460 e. The number of carbonyl (C=O) groups is 1. The van der Waals surface area contributed by atoms with E-state index in [1.54, 1.807) is 0 Å². The number of carbonyl (C=O) groups excluding carboxylic acids is 1.